The van der Waals surface area contributed by atoms with E-state index in [1.54, 1.807) is 29.2 Å². The van der Waals surface area contributed by atoms with E-state index in [0.29, 0.717) is 13.1 Å². The molecule has 2 aromatic rings. The first kappa shape index (κ1) is 16.3. The molecule has 0 aliphatic carbocycles. The largest absolute Gasteiger partial charge is 0.467 e. The molecule has 5 heteroatoms. The Kier molecular flexibility index (Phi) is 4.69. The molecule has 24 heavy (non-hydrogen) atoms. The summed E-state index contributed by atoms with van der Waals surface area (Å²) in [4.78, 5) is 28.5. The zero-order valence-corrected chi connectivity index (χ0v) is 14.1. The van der Waals surface area contributed by atoms with Crippen LogP contribution >= 0.6 is 0 Å². The Bertz CT molecular complexity index is 724. The lowest BCUT2D eigenvalue weighted by Gasteiger charge is -2.22. The summed E-state index contributed by atoms with van der Waals surface area (Å²) >= 11 is 0. The standard InChI is InChI=1S/C19H22N2O3/c1-3-14-7-4-5-9-17(14)21-12-15(11-18(21)22)19(23)20(2)13-16-8-6-10-24-16/h4-10,15H,3,11-13H2,1-2H3. The maximum absolute atomic E-state index is 12.7. The molecule has 1 fully saturated rings. The molecule has 1 saturated heterocycles. The summed E-state index contributed by atoms with van der Waals surface area (Å²) in [6, 6.07) is 11.5. The van der Waals surface area contributed by atoms with Crippen LogP contribution in [0.15, 0.2) is 47.1 Å². The smallest absolute Gasteiger partial charge is 0.228 e. The Morgan fingerprint density at radius 1 is 1.29 bits per heavy atom. The highest BCUT2D eigenvalue weighted by Crippen LogP contribution is 2.29. The van der Waals surface area contributed by atoms with E-state index in [4.69, 9.17) is 4.42 Å². The number of para-hydroxylation sites is 1. The second-order valence-corrected chi connectivity index (χ2v) is 6.16. The zero-order valence-electron chi connectivity index (χ0n) is 14.1. The van der Waals surface area contributed by atoms with Crippen molar-refractivity contribution in [2.24, 2.45) is 5.92 Å². The zero-order chi connectivity index (χ0) is 17.1. The third-order valence-corrected chi connectivity index (χ3v) is 4.49. The Morgan fingerprint density at radius 3 is 2.79 bits per heavy atom. The van der Waals surface area contributed by atoms with Crippen LogP contribution in [0.25, 0.3) is 0 Å². The number of benzene rings is 1. The fourth-order valence-corrected chi connectivity index (χ4v) is 3.20. The first-order valence-corrected chi connectivity index (χ1v) is 8.25. The number of amides is 2. The van der Waals surface area contributed by atoms with Gasteiger partial charge in [0.2, 0.25) is 11.8 Å². The topological polar surface area (TPSA) is 53.8 Å². The van der Waals surface area contributed by atoms with Crippen molar-refractivity contribution < 1.29 is 14.0 Å². The molecule has 0 N–H and O–H groups in total. The first-order chi connectivity index (χ1) is 11.6. The lowest BCUT2D eigenvalue weighted by atomic mass is 10.1. The van der Waals surface area contributed by atoms with Gasteiger partial charge >= 0.3 is 0 Å². The van der Waals surface area contributed by atoms with E-state index in [-0.39, 0.29) is 24.2 Å². The predicted molar refractivity (Wildman–Crippen MR) is 91.5 cm³/mol. The van der Waals surface area contributed by atoms with E-state index in [2.05, 4.69) is 6.92 Å². The molecular formula is C19H22N2O3. The molecule has 0 bridgehead atoms. The van der Waals surface area contributed by atoms with Crippen molar-refractivity contribution in [3.63, 3.8) is 0 Å². The number of carbonyl (C=O) groups is 2. The summed E-state index contributed by atoms with van der Waals surface area (Å²) in [7, 11) is 1.75. The fourth-order valence-electron chi connectivity index (χ4n) is 3.20. The Balaban J connectivity index is 1.71. The molecule has 2 heterocycles. The molecule has 0 spiro atoms. The van der Waals surface area contributed by atoms with Crippen molar-refractivity contribution in [2.45, 2.75) is 26.3 Å². The molecule has 1 unspecified atom stereocenters. The van der Waals surface area contributed by atoms with Crippen molar-refractivity contribution in [1.82, 2.24) is 4.90 Å². The molecule has 1 aliphatic heterocycles. The third kappa shape index (κ3) is 3.20. The van der Waals surface area contributed by atoms with Gasteiger partial charge in [0.25, 0.3) is 0 Å². The molecule has 1 aromatic carbocycles. The number of furan rings is 1. The van der Waals surface area contributed by atoms with Gasteiger partial charge in [0.05, 0.1) is 18.7 Å². The molecule has 1 atom stereocenters. The van der Waals surface area contributed by atoms with Gasteiger partial charge in [-0.3, -0.25) is 9.59 Å². The number of nitrogens with zero attached hydrogens (tertiary/aromatic N) is 2. The van der Waals surface area contributed by atoms with Crippen LogP contribution in [0.2, 0.25) is 0 Å². The molecule has 5 nitrogen and oxygen atoms in total. The maximum Gasteiger partial charge on any atom is 0.228 e. The van der Waals surface area contributed by atoms with E-state index < -0.39 is 0 Å². The quantitative estimate of drug-likeness (QED) is 0.849. The third-order valence-electron chi connectivity index (χ3n) is 4.49. The normalized spacial score (nSPS) is 17.3. The molecule has 1 aliphatic rings. The van der Waals surface area contributed by atoms with Crippen LogP contribution in [0, 0.1) is 5.92 Å². The van der Waals surface area contributed by atoms with Crippen molar-refractivity contribution in [3.05, 3.63) is 54.0 Å². The number of anilines is 1. The van der Waals surface area contributed by atoms with Crippen molar-refractivity contribution >= 4 is 17.5 Å². The molecule has 0 saturated carbocycles. The van der Waals surface area contributed by atoms with Gasteiger partial charge in [0, 0.05) is 25.7 Å². The van der Waals surface area contributed by atoms with Crippen LogP contribution in [0.3, 0.4) is 0 Å². The van der Waals surface area contributed by atoms with E-state index in [1.807, 2.05) is 30.3 Å². The lowest BCUT2D eigenvalue weighted by Crippen LogP contribution is -2.34. The monoisotopic (exact) mass is 326 g/mol. The average molecular weight is 326 g/mol. The maximum atomic E-state index is 12.7. The number of carbonyl (C=O) groups excluding carboxylic acids is 2. The summed E-state index contributed by atoms with van der Waals surface area (Å²) in [5.74, 6) is 0.433. The number of rotatable bonds is 5. The first-order valence-electron chi connectivity index (χ1n) is 8.25. The SMILES string of the molecule is CCc1ccccc1N1CC(C(=O)N(C)Cc2ccco2)CC1=O. The Labute approximate surface area is 141 Å². The Morgan fingerprint density at radius 2 is 2.08 bits per heavy atom. The molecule has 0 radical (unpaired) electrons. The van der Waals surface area contributed by atoms with E-state index >= 15 is 0 Å². The summed E-state index contributed by atoms with van der Waals surface area (Å²) in [5.41, 5.74) is 2.05. The van der Waals surface area contributed by atoms with Gasteiger partial charge in [-0.2, -0.15) is 0 Å². The van der Waals surface area contributed by atoms with Gasteiger partial charge < -0.3 is 14.2 Å². The summed E-state index contributed by atoms with van der Waals surface area (Å²) in [6.07, 6.45) is 2.71. The number of aryl methyl sites for hydroxylation is 1. The molecule has 3 rings (SSSR count). The average Bonchev–Trinajstić information content (AvgIpc) is 3.23. The van der Waals surface area contributed by atoms with Gasteiger partial charge in [-0.05, 0) is 30.2 Å². The number of hydrogen-bond acceptors (Lipinski definition) is 3. The molecular weight excluding hydrogens is 304 g/mol. The number of hydrogen-bond donors (Lipinski definition) is 0. The molecule has 2 amide bonds. The van der Waals surface area contributed by atoms with Crippen LogP contribution in [0.4, 0.5) is 5.69 Å². The van der Waals surface area contributed by atoms with E-state index in [1.165, 1.54) is 0 Å². The van der Waals surface area contributed by atoms with Crippen LogP contribution in [-0.4, -0.2) is 30.3 Å². The van der Waals surface area contributed by atoms with Crippen LogP contribution < -0.4 is 4.90 Å². The van der Waals surface area contributed by atoms with E-state index in [9.17, 15) is 9.59 Å². The van der Waals surface area contributed by atoms with E-state index in [0.717, 1.165) is 23.4 Å². The summed E-state index contributed by atoms with van der Waals surface area (Å²) in [6.45, 7) is 2.93. The van der Waals surface area contributed by atoms with Gasteiger partial charge in [-0.15, -0.1) is 0 Å². The van der Waals surface area contributed by atoms with Crippen LogP contribution in [0.1, 0.15) is 24.7 Å². The minimum absolute atomic E-state index is 0.0145. The lowest BCUT2D eigenvalue weighted by molar-refractivity contribution is -0.135. The predicted octanol–water partition coefficient (Wildman–Crippen LogP) is 2.85. The van der Waals surface area contributed by atoms with Gasteiger partial charge in [0.1, 0.15) is 5.76 Å². The Hall–Kier alpha value is -2.56. The minimum Gasteiger partial charge on any atom is -0.467 e. The fraction of sp³-hybridized carbons (Fsp3) is 0.368. The highest BCUT2D eigenvalue weighted by molar-refractivity contribution is 6.00. The minimum atomic E-state index is -0.303. The second kappa shape index (κ2) is 6.91. The van der Waals surface area contributed by atoms with Crippen molar-refractivity contribution in [1.29, 1.82) is 0 Å². The molecule has 126 valence electrons. The van der Waals surface area contributed by atoms with Gasteiger partial charge in [-0.1, -0.05) is 25.1 Å². The van der Waals surface area contributed by atoms with Crippen LogP contribution in [-0.2, 0) is 22.6 Å². The van der Waals surface area contributed by atoms with Crippen molar-refractivity contribution in [3.8, 4) is 0 Å². The summed E-state index contributed by atoms with van der Waals surface area (Å²) in [5, 5.41) is 0. The second-order valence-electron chi connectivity index (χ2n) is 6.16. The van der Waals surface area contributed by atoms with Gasteiger partial charge in [-0.25, -0.2) is 0 Å². The highest BCUT2D eigenvalue weighted by Gasteiger charge is 2.37. The summed E-state index contributed by atoms with van der Waals surface area (Å²) < 4.78 is 5.29. The van der Waals surface area contributed by atoms with Gasteiger partial charge in [0.15, 0.2) is 0 Å². The highest BCUT2D eigenvalue weighted by atomic mass is 16.3. The molecule has 1 aromatic heterocycles. The van der Waals surface area contributed by atoms with Crippen molar-refractivity contribution in [2.75, 3.05) is 18.5 Å². The van der Waals surface area contributed by atoms with Crippen LogP contribution in [0.5, 0.6) is 0 Å².